The van der Waals surface area contributed by atoms with Gasteiger partial charge >= 0.3 is 0 Å². The van der Waals surface area contributed by atoms with Crippen molar-refractivity contribution in [1.82, 2.24) is 4.90 Å². The number of carbonyl (C=O) groups is 2. The van der Waals surface area contributed by atoms with Crippen LogP contribution in [0.3, 0.4) is 0 Å². The number of ether oxygens (including phenoxy) is 2. The van der Waals surface area contributed by atoms with Crippen LogP contribution in [0.15, 0.2) is 84.7 Å². The van der Waals surface area contributed by atoms with Crippen LogP contribution in [0.2, 0.25) is 0 Å². The number of benzene rings is 2. The summed E-state index contributed by atoms with van der Waals surface area (Å²) < 4.78 is 10.7. The predicted molar refractivity (Wildman–Crippen MR) is 119 cm³/mol. The number of aliphatic hydroxyl groups is 1. The molecule has 0 aromatic heterocycles. The van der Waals surface area contributed by atoms with Crippen LogP contribution in [0.1, 0.15) is 17.2 Å². The Kier molecular flexibility index (Phi) is 7.40. The van der Waals surface area contributed by atoms with Gasteiger partial charge < -0.3 is 19.5 Å². The molecular formula is C25H25NO5. The fraction of sp³-hybridized carbons (Fsp3) is 0.200. The van der Waals surface area contributed by atoms with Crippen molar-refractivity contribution >= 4 is 17.8 Å². The van der Waals surface area contributed by atoms with Crippen molar-refractivity contribution in [2.45, 2.75) is 6.04 Å². The van der Waals surface area contributed by atoms with Crippen molar-refractivity contribution < 1.29 is 24.2 Å². The molecule has 2 aromatic carbocycles. The van der Waals surface area contributed by atoms with Crippen molar-refractivity contribution in [2.24, 2.45) is 0 Å². The first kappa shape index (κ1) is 22.1. The van der Waals surface area contributed by atoms with E-state index >= 15 is 0 Å². The number of nitrogens with zero attached hydrogens (tertiary/aromatic N) is 1. The van der Waals surface area contributed by atoms with Gasteiger partial charge in [0.05, 0.1) is 18.2 Å². The molecule has 1 aliphatic heterocycles. The lowest BCUT2D eigenvalue weighted by Crippen LogP contribution is -2.33. The topological polar surface area (TPSA) is 76.1 Å². The third-order valence-corrected chi connectivity index (χ3v) is 4.87. The maximum Gasteiger partial charge on any atom is 0.290 e. The third kappa shape index (κ3) is 5.10. The second-order valence-electron chi connectivity index (χ2n) is 6.94. The summed E-state index contributed by atoms with van der Waals surface area (Å²) in [5, 5.41) is 10.6. The molecule has 31 heavy (non-hydrogen) atoms. The molecule has 0 radical (unpaired) electrons. The zero-order chi connectivity index (χ0) is 22.2. The van der Waals surface area contributed by atoms with Crippen molar-refractivity contribution in [1.29, 1.82) is 0 Å². The highest BCUT2D eigenvalue weighted by molar-refractivity contribution is 6.14. The van der Waals surface area contributed by atoms with Crippen molar-refractivity contribution in [2.75, 3.05) is 26.9 Å². The molecule has 0 saturated heterocycles. The second kappa shape index (κ2) is 10.4. The van der Waals surface area contributed by atoms with E-state index in [1.807, 2.05) is 30.3 Å². The van der Waals surface area contributed by atoms with Crippen LogP contribution in [0.25, 0.3) is 6.08 Å². The number of hydrogen-bond donors (Lipinski definition) is 1. The quantitative estimate of drug-likeness (QED) is 0.467. The summed E-state index contributed by atoms with van der Waals surface area (Å²) in [6.07, 6.45) is 4.66. The van der Waals surface area contributed by atoms with E-state index in [1.54, 1.807) is 36.4 Å². The van der Waals surface area contributed by atoms with Gasteiger partial charge in [-0.25, -0.2) is 0 Å². The summed E-state index contributed by atoms with van der Waals surface area (Å²) in [6, 6.07) is 15.7. The van der Waals surface area contributed by atoms with E-state index in [1.165, 1.54) is 18.1 Å². The molecule has 6 nitrogen and oxygen atoms in total. The molecule has 1 amide bonds. The van der Waals surface area contributed by atoms with Gasteiger partial charge in [0.1, 0.15) is 12.4 Å². The smallest absolute Gasteiger partial charge is 0.290 e. The minimum atomic E-state index is -0.747. The fourth-order valence-corrected chi connectivity index (χ4v) is 3.43. The fourth-order valence-electron chi connectivity index (χ4n) is 3.43. The Bertz CT molecular complexity index is 1010. The Balaban J connectivity index is 1.98. The number of methoxy groups -OCH3 is 1. The molecule has 6 heteroatoms. The van der Waals surface area contributed by atoms with Gasteiger partial charge in [-0.1, -0.05) is 61.2 Å². The first-order chi connectivity index (χ1) is 15.1. The van der Waals surface area contributed by atoms with Gasteiger partial charge in [-0.3, -0.25) is 9.59 Å². The molecule has 0 fully saturated rings. The van der Waals surface area contributed by atoms with Gasteiger partial charge in [0, 0.05) is 13.7 Å². The lowest BCUT2D eigenvalue weighted by molar-refractivity contribution is -0.130. The van der Waals surface area contributed by atoms with Gasteiger partial charge in [-0.15, -0.1) is 0 Å². The number of ketones is 1. The van der Waals surface area contributed by atoms with E-state index in [-0.39, 0.29) is 18.7 Å². The number of hydrogen-bond acceptors (Lipinski definition) is 5. The molecule has 0 spiro atoms. The predicted octanol–water partition coefficient (Wildman–Crippen LogP) is 3.88. The molecule has 0 aliphatic carbocycles. The molecule has 1 N–H and O–H groups in total. The lowest BCUT2D eigenvalue weighted by Gasteiger charge is -2.26. The van der Waals surface area contributed by atoms with E-state index in [9.17, 15) is 14.7 Å². The Hall–Kier alpha value is -3.64. The molecule has 0 saturated carbocycles. The summed E-state index contributed by atoms with van der Waals surface area (Å²) >= 11 is 0. The minimum Gasteiger partial charge on any atom is -0.503 e. The SMILES string of the molecule is C=CCOc1cccc(C2C(C(=O)C=Cc3ccccc3)=C(O)C(=O)N2CCOC)c1. The normalized spacial score (nSPS) is 16.2. The first-order valence-electron chi connectivity index (χ1n) is 9.91. The molecule has 0 bridgehead atoms. The van der Waals surface area contributed by atoms with Crippen LogP contribution < -0.4 is 4.74 Å². The molecule has 3 rings (SSSR count). The van der Waals surface area contributed by atoms with Gasteiger partial charge in [0.15, 0.2) is 11.5 Å². The van der Waals surface area contributed by atoms with Gasteiger partial charge in [0.25, 0.3) is 5.91 Å². The summed E-state index contributed by atoms with van der Waals surface area (Å²) in [5.41, 5.74) is 1.54. The zero-order valence-electron chi connectivity index (χ0n) is 17.4. The molecule has 1 atom stereocenters. The first-order valence-corrected chi connectivity index (χ1v) is 9.91. The summed E-state index contributed by atoms with van der Waals surface area (Å²) in [4.78, 5) is 27.3. The van der Waals surface area contributed by atoms with Crippen LogP contribution >= 0.6 is 0 Å². The standard InChI is InChI=1S/C25H25NO5/c1-3-15-31-20-11-7-10-19(17-20)23-22(24(28)25(29)26(23)14-16-30-2)21(27)13-12-18-8-5-4-6-9-18/h3-13,17,23,28H,1,14-16H2,2H3. The highest BCUT2D eigenvalue weighted by Gasteiger charge is 2.42. The van der Waals surface area contributed by atoms with Crippen molar-refractivity contribution in [3.8, 4) is 5.75 Å². The van der Waals surface area contributed by atoms with Gasteiger partial charge in [0.2, 0.25) is 0 Å². The molecule has 1 aliphatic rings. The second-order valence-corrected chi connectivity index (χ2v) is 6.94. The van der Waals surface area contributed by atoms with E-state index < -0.39 is 23.5 Å². The largest absolute Gasteiger partial charge is 0.503 e. The summed E-state index contributed by atoms with van der Waals surface area (Å²) in [7, 11) is 1.53. The maximum absolute atomic E-state index is 13.1. The summed E-state index contributed by atoms with van der Waals surface area (Å²) in [5.74, 6) is -0.997. The van der Waals surface area contributed by atoms with Crippen molar-refractivity contribution in [3.05, 3.63) is 95.8 Å². The van der Waals surface area contributed by atoms with Crippen LogP contribution in [0, 0.1) is 0 Å². The average molecular weight is 419 g/mol. The Morgan fingerprint density at radius 2 is 1.97 bits per heavy atom. The highest BCUT2D eigenvalue weighted by atomic mass is 16.5. The number of rotatable bonds is 10. The molecule has 1 heterocycles. The molecular weight excluding hydrogens is 394 g/mol. The minimum absolute atomic E-state index is 0.0363. The van der Waals surface area contributed by atoms with Crippen LogP contribution in [-0.2, 0) is 14.3 Å². The maximum atomic E-state index is 13.1. The van der Waals surface area contributed by atoms with E-state index in [0.717, 1.165) is 5.56 Å². The molecule has 1 unspecified atom stereocenters. The highest BCUT2D eigenvalue weighted by Crippen LogP contribution is 2.38. The zero-order valence-corrected chi connectivity index (χ0v) is 17.4. The average Bonchev–Trinajstić information content (AvgIpc) is 3.05. The number of amides is 1. The van der Waals surface area contributed by atoms with E-state index in [0.29, 0.717) is 17.9 Å². The summed E-state index contributed by atoms with van der Waals surface area (Å²) in [6.45, 7) is 4.45. The Morgan fingerprint density at radius 1 is 1.19 bits per heavy atom. The Labute approximate surface area is 181 Å². The molecule has 2 aromatic rings. The number of aliphatic hydroxyl groups excluding tert-OH is 1. The van der Waals surface area contributed by atoms with Gasteiger partial charge in [-0.05, 0) is 29.3 Å². The van der Waals surface area contributed by atoms with E-state index in [4.69, 9.17) is 9.47 Å². The molecule has 160 valence electrons. The van der Waals surface area contributed by atoms with E-state index in [2.05, 4.69) is 6.58 Å². The lowest BCUT2D eigenvalue weighted by atomic mass is 9.95. The van der Waals surface area contributed by atoms with Crippen LogP contribution in [-0.4, -0.2) is 48.6 Å². The van der Waals surface area contributed by atoms with Crippen LogP contribution in [0.5, 0.6) is 5.75 Å². The third-order valence-electron chi connectivity index (χ3n) is 4.87. The Morgan fingerprint density at radius 3 is 2.68 bits per heavy atom. The van der Waals surface area contributed by atoms with Crippen LogP contribution in [0.4, 0.5) is 0 Å². The van der Waals surface area contributed by atoms with Gasteiger partial charge in [-0.2, -0.15) is 0 Å². The monoisotopic (exact) mass is 419 g/mol. The number of allylic oxidation sites excluding steroid dienone is 1. The number of carbonyl (C=O) groups excluding carboxylic acids is 2. The van der Waals surface area contributed by atoms with Crippen molar-refractivity contribution in [3.63, 3.8) is 0 Å².